The first-order valence-electron chi connectivity index (χ1n) is 3.63. The first-order valence-corrected chi connectivity index (χ1v) is 5.51. The van der Waals surface area contributed by atoms with Crippen molar-refractivity contribution in [2.24, 2.45) is 0 Å². The summed E-state index contributed by atoms with van der Waals surface area (Å²) in [4.78, 5) is 0. The Morgan fingerprint density at radius 1 is 1.18 bits per heavy atom. The van der Waals surface area contributed by atoms with Gasteiger partial charge in [-0.25, -0.2) is 0 Å². The molecule has 0 bridgehead atoms. The van der Waals surface area contributed by atoms with Gasteiger partial charge in [0.15, 0.2) is 0 Å². The van der Waals surface area contributed by atoms with Gasteiger partial charge in [-0.3, -0.25) is 0 Å². The van der Waals surface area contributed by atoms with E-state index in [1.807, 2.05) is 0 Å². The third kappa shape index (κ3) is 2.39. The molecule has 0 aliphatic rings. The van der Waals surface area contributed by atoms with Crippen molar-refractivity contribution in [3.63, 3.8) is 0 Å². The molecule has 1 aromatic rings. The Labute approximate surface area is 85.8 Å². The summed E-state index contributed by atoms with van der Waals surface area (Å²) < 4.78 is 2.61. The van der Waals surface area contributed by atoms with E-state index in [0.717, 1.165) is 0 Å². The third-order valence-electron chi connectivity index (χ3n) is 1.64. The van der Waals surface area contributed by atoms with E-state index in [-0.39, 0.29) is 0 Å². The van der Waals surface area contributed by atoms with Crippen molar-refractivity contribution < 1.29 is 0 Å². The van der Waals surface area contributed by atoms with Crippen molar-refractivity contribution in [2.75, 3.05) is 0 Å². The second-order valence-corrected chi connectivity index (χ2v) is 4.99. The fourth-order valence-electron chi connectivity index (χ4n) is 1.02. The molecule has 56 valence electrons. The molecule has 2 heteroatoms. The van der Waals surface area contributed by atoms with Crippen LogP contribution >= 0.6 is 0 Å². The van der Waals surface area contributed by atoms with E-state index in [0.29, 0.717) is 5.92 Å². The van der Waals surface area contributed by atoms with Gasteiger partial charge < -0.3 is 0 Å². The minimum atomic E-state index is 0.626. The van der Waals surface area contributed by atoms with E-state index in [9.17, 15) is 0 Å². The molecule has 0 fully saturated rings. The Hall–Kier alpha value is 0.337. The molecule has 0 nitrogen and oxygen atoms in total. The van der Waals surface area contributed by atoms with Crippen LogP contribution in [0, 0.1) is 0 Å². The normalized spacial score (nSPS) is 10.6. The first-order chi connectivity index (χ1) is 5.11. The molecule has 0 heterocycles. The number of hydrogen-bond donors (Lipinski definition) is 0. The third-order valence-corrected chi connectivity index (χ3v) is 3.03. The van der Waals surface area contributed by atoms with Gasteiger partial charge in [-0.15, -0.1) is 0 Å². The summed E-state index contributed by atoms with van der Waals surface area (Å²) in [6.45, 7) is 4.44. The van der Waals surface area contributed by atoms with Gasteiger partial charge in [0.25, 0.3) is 0 Å². The van der Waals surface area contributed by atoms with Gasteiger partial charge in [0.1, 0.15) is 0 Å². The van der Waals surface area contributed by atoms with Crippen LogP contribution in [0.4, 0.5) is 0 Å². The van der Waals surface area contributed by atoms with E-state index < -0.39 is 0 Å². The molecule has 0 atom stereocenters. The van der Waals surface area contributed by atoms with Crippen LogP contribution in [0.2, 0.25) is 0 Å². The van der Waals surface area contributed by atoms with Crippen molar-refractivity contribution in [1.29, 1.82) is 0 Å². The summed E-state index contributed by atoms with van der Waals surface area (Å²) in [5.74, 6) is 0.626. The van der Waals surface area contributed by atoms with Crippen LogP contribution in [0.5, 0.6) is 0 Å². The van der Waals surface area contributed by atoms with Crippen molar-refractivity contribution in [2.45, 2.75) is 19.8 Å². The van der Waals surface area contributed by atoms with E-state index in [1.54, 1.807) is 0 Å². The fraction of sp³-hybridized carbons (Fsp3) is 0.333. The van der Waals surface area contributed by atoms with Crippen LogP contribution in [0.1, 0.15) is 25.3 Å². The van der Waals surface area contributed by atoms with Gasteiger partial charge >= 0.3 is 85.9 Å². The van der Waals surface area contributed by atoms with Crippen molar-refractivity contribution in [1.82, 2.24) is 0 Å². The zero-order chi connectivity index (χ0) is 8.43. The molecule has 1 rings (SSSR count). The molecular formula is C9H10As2. The number of benzene rings is 1. The Morgan fingerprint density at radius 3 is 2.27 bits per heavy atom. The molecule has 0 aliphatic carbocycles. The Balaban J connectivity index is 3.09. The second-order valence-electron chi connectivity index (χ2n) is 2.90. The molecular weight excluding hydrogens is 258 g/mol. The van der Waals surface area contributed by atoms with Crippen LogP contribution in [0.3, 0.4) is 0 Å². The van der Waals surface area contributed by atoms with Gasteiger partial charge in [-0.1, -0.05) is 0 Å². The molecule has 1 aromatic carbocycles. The van der Waals surface area contributed by atoms with E-state index in [2.05, 4.69) is 65.8 Å². The van der Waals surface area contributed by atoms with Crippen LogP contribution in [0.15, 0.2) is 18.2 Å². The monoisotopic (exact) mass is 268 g/mol. The summed E-state index contributed by atoms with van der Waals surface area (Å²) in [5, 5.41) is 0. The van der Waals surface area contributed by atoms with Gasteiger partial charge in [0.05, 0.1) is 0 Å². The number of hydrogen-bond acceptors (Lipinski definition) is 0. The standard InChI is InChI=1S/C9H10As2/c1-6(2)8-4-3-7(10)5-9(8)11/h3-6H,1-2H3. The Morgan fingerprint density at radius 2 is 1.82 bits per heavy atom. The SMILES string of the molecule is CC(C)c1ccc([As])cc1[As]. The molecule has 0 unspecified atom stereocenters. The summed E-state index contributed by atoms with van der Waals surface area (Å²) in [6, 6.07) is 6.54. The predicted molar refractivity (Wildman–Crippen MR) is 51.3 cm³/mol. The quantitative estimate of drug-likeness (QED) is 0.647. The molecule has 0 N–H and O–H groups in total. The zero-order valence-corrected chi connectivity index (χ0v) is 10.5. The van der Waals surface area contributed by atoms with Gasteiger partial charge in [-0.05, 0) is 0 Å². The molecule has 0 aromatic heterocycles. The summed E-state index contributed by atoms with van der Waals surface area (Å²) in [7, 11) is 0. The summed E-state index contributed by atoms with van der Waals surface area (Å²) in [5.41, 5.74) is 1.43. The van der Waals surface area contributed by atoms with E-state index in [4.69, 9.17) is 0 Å². The molecule has 0 saturated carbocycles. The van der Waals surface area contributed by atoms with Crippen molar-refractivity contribution >= 4 is 42.4 Å². The van der Waals surface area contributed by atoms with Crippen LogP contribution in [-0.2, 0) is 0 Å². The van der Waals surface area contributed by atoms with Crippen molar-refractivity contribution in [3.8, 4) is 0 Å². The molecule has 0 spiro atoms. The van der Waals surface area contributed by atoms with Crippen molar-refractivity contribution in [3.05, 3.63) is 23.8 Å². The summed E-state index contributed by atoms with van der Waals surface area (Å²) in [6.07, 6.45) is 0. The molecule has 0 amide bonds. The predicted octanol–water partition coefficient (Wildman–Crippen LogP) is 0.398. The van der Waals surface area contributed by atoms with Gasteiger partial charge in [0, 0.05) is 0 Å². The first kappa shape index (κ1) is 9.43. The maximum absolute atomic E-state index is 2.63. The fourth-order valence-corrected chi connectivity index (χ4v) is 2.92. The molecule has 4 radical (unpaired) electrons. The van der Waals surface area contributed by atoms with Crippen LogP contribution < -0.4 is 8.70 Å². The van der Waals surface area contributed by atoms with Gasteiger partial charge in [0.2, 0.25) is 0 Å². The minimum absolute atomic E-state index is 0.626. The average molecular weight is 268 g/mol. The Kier molecular flexibility index (Phi) is 3.28. The second kappa shape index (κ2) is 3.83. The van der Waals surface area contributed by atoms with Gasteiger partial charge in [-0.2, -0.15) is 0 Å². The van der Waals surface area contributed by atoms with E-state index >= 15 is 0 Å². The molecule has 0 saturated heterocycles. The summed E-state index contributed by atoms with van der Waals surface area (Å²) >= 11 is 5.19. The van der Waals surface area contributed by atoms with E-state index in [1.165, 1.54) is 14.3 Å². The number of rotatable bonds is 1. The molecule has 0 aliphatic heterocycles. The Bertz CT molecular complexity index is 254. The topological polar surface area (TPSA) is 0 Å². The van der Waals surface area contributed by atoms with Crippen LogP contribution in [-0.4, -0.2) is 33.7 Å². The van der Waals surface area contributed by atoms with Crippen LogP contribution in [0.25, 0.3) is 0 Å². The zero-order valence-electron chi connectivity index (χ0n) is 6.70. The maximum atomic E-state index is 2.63. The average Bonchev–Trinajstić information content (AvgIpc) is 1.85. The molecule has 11 heavy (non-hydrogen) atoms.